The van der Waals surface area contributed by atoms with E-state index in [4.69, 9.17) is 10.00 Å². The smallest absolute Gasteiger partial charge is 0.219 e. The highest BCUT2D eigenvalue weighted by Gasteiger charge is 2.21. The molecular weight excluding hydrogens is 331 g/mol. The molecule has 1 aromatic heterocycles. The number of hydrogen-bond donors (Lipinski definition) is 1. The second kappa shape index (κ2) is 8.49. The Morgan fingerprint density at radius 1 is 1.24 bits per heavy atom. The van der Waals surface area contributed by atoms with E-state index in [1.54, 1.807) is 0 Å². The Morgan fingerprint density at radius 3 is 2.60 bits per heavy atom. The summed E-state index contributed by atoms with van der Waals surface area (Å²) in [4.78, 5) is 3.74. The number of hydrogen-bond acceptors (Lipinski definition) is 4. The van der Waals surface area contributed by atoms with Gasteiger partial charge in [0.05, 0.1) is 5.56 Å². The molecule has 0 aliphatic rings. The molecule has 0 aliphatic heterocycles. The van der Waals surface area contributed by atoms with Gasteiger partial charge in [0.25, 0.3) is 0 Å². The van der Waals surface area contributed by atoms with E-state index < -0.39 is 23.2 Å². The van der Waals surface area contributed by atoms with Gasteiger partial charge in [0.15, 0.2) is 11.6 Å². The van der Waals surface area contributed by atoms with Gasteiger partial charge in [0.1, 0.15) is 6.07 Å². The molecule has 25 heavy (non-hydrogen) atoms. The number of nitrogens with one attached hydrogen (secondary N) is 1. The van der Waals surface area contributed by atoms with Crippen molar-refractivity contribution in [3.8, 4) is 17.7 Å². The minimum atomic E-state index is -1.41. The maximum Gasteiger partial charge on any atom is 0.219 e. The van der Waals surface area contributed by atoms with Gasteiger partial charge in [0.2, 0.25) is 17.4 Å². The highest BCUT2D eigenvalue weighted by molar-refractivity contribution is 5.36. The van der Waals surface area contributed by atoms with Crippen LogP contribution < -0.4 is 10.1 Å². The van der Waals surface area contributed by atoms with Gasteiger partial charge < -0.3 is 10.1 Å². The topological polar surface area (TPSA) is 57.9 Å². The van der Waals surface area contributed by atoms with Crippen LogP contribution in [0.2, 0.25) is 0 Å². The maximum absolute atomic E-state index is 14.1. The number of ether oxygens (including phenoxy) is 1. The monoisotopic (exact) mass is 349 g/mol. The zero-order valence-corrected chi connectivity index (χ0v) is 13.9. The van der Waals surface area contributed by atoms with Gasteiger partial charge in [-0.1, -0.05) is 13.8 Å². The summed E-state index contributed by atoms with van der Waals surface area (Å²) in [5.41, 5.74) is 0.154. The fraction of sp³-hybridized carbons (Fsp3) is 0.333. The summed E-state index contributed by atoms with van der Waals surface area (Å²) >= 11 is 0. The van der Waals surface area contributed by atoms with Crippen molar-refractivity contribution in [2.24, 2.45) is 5.92 Å². The fourth-order valence-electron chi connectivity index (χ4n) is 2.07. The van der Waals surface area contributed by atoms with Crippen molar-refractivity contribution < 1.29 is 17.9 Å². The second-order valence-electron chi connectivity index (χ2n) is 5.93. The Bertz CT molecular complexity index is 771. The third-order valence-electron chi connectivity index (χ3n) is 3.48. The van der Waals surface area contributed by atoms with Crippen LogP contribution in [0.5, 0.6) is 11.6 Å². The molecule has 0 aliphatic carbocycles. The molecule has 0 unspecified atom stereocenters. The highest BCUT2D eigenvalue weighted by atomic mass is 19.2. The summed E-state index contributed by atoms with van der Waals surface area (Å²) in [6.07, 6.45) is 2.06. The van der Waals surface area contributed by atoms with Crippen LogP contribution in [0.25, 0.3) is 0 Å². The van der Waals surface area contributed by atoms with Crippen molar-refractivity contribution in [1.82, 2.24) is 10.3 Å². The van der Waals surface area contributed by atoms with Crippen molar-refractivity contribution in [1.29, 1.82) is 5.26 Å². The molecule has 0 spiro atoms. The lowest BCUT2D eigenvalue weighted by atomic mass is 10.1. The van der Waals surface area contributed by atoms with Gasteiger partial charge in [0, 0.05) is 24.4 Å². The van der Waals surface area contributed by atoms with Gasteiger partial charge in [-0.15, -0.1) is 0 Å². The van der Waals surface area contributed by atoms with Gasteiger partial charge in [-0.05, 0) is 31.0 Å². The molecule has 0 saturated heterocycles. The summed E-state index contributed by atoms with van der Waals surface area (Å²) < 4.78 is 47.4. The Labute approximate surface area is 144 Å². The third kappa shape index (κ3) is 4.94. The molecule has 1 N–H and O–H groups in total. The third-order valence-corrected chi connectivity index (χ3v) is 3.48. The molecule has 0 fully saturated rings. The molecule has 0 bridgehead atoms. The summed E-state index contributed by atoms with van der Waals surface area (Å²) in [5.74, 6) is -4.12. The first-order chi connectivity index (χ1) is 11.9. The van der Waals surface area contributed by atoms with E-state index in [1.807, 2.05) is 19.9 Å². The number of rotatable bonds is 7. The van der Waals surface area contributed by atoms with E-state index in [2.05, 4.69) is 10.3 Å². The highest BCUT2D eigenvalue weighted by Crippen LogP contribution is 2.30. The van der Waals surface area contributed by atoms with Crippen LogP contribution in [0.3, 0.4) is 0 Å². The lowest BCUT2D eigenvalue weighted by Gasteiger charge is -2.12. The van der Waals surface area contributed by atoms with Gasteiger partial charge >= 0.3 is 0 Å². The summed E-state index contributed by atoms with van der Waals surface area (Å²) in [6, 6.07) is 5.41. The van der Waals surface area contributed by atoms with Crippen molar-refractivity contribution in [2.45, 2.75) is 26.8 Å². The number of nitriles is 1. The Hall–Kier alpha value is -2.59. The van der Waals surface area contributed by atoms with Gasteiger partial charge in [-0.3, -0.25) is 0 Å². The molecule has 1 heterocycles. The number of pyridine rings is 1. The first kappa shape index (κ1) is 18.7. The first-order valence-electron chi connectivity index (χ1n) is 7.83. The van der Waals surface area contributed by atoms with Crippen molar-refractivity contribution >= 4 is 0 Å². The van der Waals surface area contributed by atoms with Crippen LogP contribution in [0.15, 0.2) is 24.4 Å². The minimum absolute atomic E-state index is 0.0157. The quantitative estimate of drug-likeness (QED) is 0.598. The maximum atomic E-state index is 14.1. The molecule has 0 amide bonds. The normalized spacial score (nSPS) is 10.8. The minimum Gasteiger partial charge on any atom is -0.433 e. The Morgan fingerprint density at radius 2 is 2.00 bits per heavy atom. The molecule has 7 heteroatoms. The second-order valence-corrected chi connectivity index (χ2v) is 5.93. The van der Waals surface area contributed by atoms with E-state index >= 15 is 0 Å². The van der Waals surface area contributed by atoms with E-state index in [0.717, 1.165) is 12.5 Å². The van der Waals surface area contributed by atoms with Crippen LogP contribution in [-0.2, 0) is 6.54 Å². The van der Waals surface area contributed by atoms with Crippen LogP contribution in [0, 0.1) is 34.7 Å². The Kier molecular flexibility index (Phi) is 6.37. The number of aromatic nitrogens is 1. The molecule has 4 nitrogen and oxygen atoms in total. The zero-order chi connectivity index (χ0) is 18.4. The number of nitrogens with zero attached hydrogens (tertiary/aromatic N) is 2. The number of benzene rings is 1. The van der Waals surface area contributed by atoms with Crippen LogP contribution in [0.1, 0.15) is 31.4 Å². The SMILES string of the molecule is CC(C)CCNCc1cc(F)c(Oc2ccc(C#N)cn2)c(F)c1F. The average Bonchev–Trinajstić information content (AvgIpc) is 2.60. The summed E-state index contributed by atoms with van der Waals surface area (Å²) in [5, 5.41) is 11.6. The standard InChI is InChI=1S/C18H18F3N3O/c1-11(2)5-6-23-10-13-7-14(19)18(17(21)16(13)20)25-15-4-3-12(8-22)9-24-15/h3-4,7,9,11,23H,5-6,10H2,1-2H3. The van der Waals surface area contributed by atoms with E-state index in [-0.39, 0.29) is 23.6 Å². The van der Waals surface area contributed by atoms with E-state index in [9.17, 15) is 13.2 Å². The largest absolute Gasteiger partial charge is 0.433 e. The average molecular weight is 349 g/mol. The summed E-state index contributed by atoms with van der Waals surface area (Å²) in [7, 11) is 0. The zero-order valence-electron chi connectivity index (χ0n) is 13.9. The van der Waals surface area contributed by atoms with E-state index in [1.165, 1.54) is 18.3 Å². The molecule has 0 saturated carbocycles. The molecule has 0 atom stereocenters. The van der Waals surface area contributed by atoms with Crippen molar-refractivity contribution in [3.05, 3.63) is 53.0 Å². The molecule has 1 aromatic carbocycles. The molecule has 132 valence electrons. The predicted octanol–water partition coefficient (Wildman–Crippen LogP) is 4.30. The van der Waals surface area contributed by atoms with Crippen LogP contribution in [-0.4, -0.2) is 11.5 Å². The lowest BCUT2D eigenvalue weighted by molar-refractivity contribution is 0.373. The first-order valence-corrected chi connectivity index (χ1v) is 7.83. The van der Waals surface area contributed by atoms with Gasteiger partial charge in [-0.2, -0.15) is 9.65 Å². The van der Waals surface area contributed by atoms with E-state index in [0.29, 0.717) is 12.5 Å². The summed E-state index contributed by atoms with van der Waals surface area (Å²) in [6.45, 7) is 4.73. The fourth-order valence-corrected chi connectivity index (χ4v) is 2.07. The predicted molar refractivity (Wildman–Crippen MR) is 86.5 cm³/mol. The Balaban J connectivity index is 2.14. The van der Waals surface area contributed by atoms with Crippen LogP contribution in [0.4, 0.5) is 13.2 Å². The molecule has 0 radical (unpaired) electrons. The van der Waals surface area contributed by atoms with Crippen LogP contribution >= 0.6 is 0 Å². The van der Waals surface area contributed by atoms with Gasteiger partial charge in [-0.25, -0.2) is 13.8 Å². The molecule has 2 aromatic rings. The molecular formula is C18H18F3N3O. The lowest BCUT2D eigenvalue weighted by Crippen LogP contribution is -2.18. The number of halogens is 3. The van der Waals surface area contributed by atoms with Crippen molar-refractivity contribution in [3.63, 3.8) is 0 Å². The van der Waals surface area contributed by atoms with Crippen molar-refractivity contribution in [2.75, 3.05) is 6.54 Å². The molecule has 2 rings (SSSR count).